The Labute approximate surface area is 137 Å². The topological polar surface area (TPSA) is 58.6 Å². The lowest BCUT2D eigenvalue weighted by Crippen LogP contribution is -2.41. The first-order valence-corrected chi connectivity index (χ1v) is 7.57. The molecule has 1 fully saturated rings. The van der Waals surface area contributed by atoms with Crippen molar-refractivity contribution in [2.24, 2.45) is 5.92 Å². The summed E-state index contributed by atoms with van der Waals surface area (Å²) in [5, 5.41) is 2.47. The van der Waals surface area contributed by atoms with Crippen molar-refractivity contribution in [2.45, 2.75) is 19.0 Å². The zero-order valence-corrected chi connectivity index (χ0v) is 13.2. The fourth-order valence-corrected chi connectivity index (χ4v) is 2.67. The highest BCUT2D eigenvalue weighted by Crippen LogP contribution is 2.30. The van der Waals surface area contributed by atoms with E-state index in [0.29, 0.717) is 25.9 Å². The molecule has 0 bridgehead atoms. The van der Waals surface area contributed by atoms with E-state index in [2.05, 4.69) is 5.32 Å². The largest absolute Gasteiger partial charge is 0.469 e. The van der Waals surface area contributed by atoms with Crippen molar-refractivity contribution in [2.75, 3.05) is 32.1 Å². The lowest BCUT2D eigenvalue weighted by atomic mass is 9.97. The summed E-state index contributed by atoms with van der Waals surface area (Å²) >= 11 is 0. The van der Waals surface area contributed by atoms with Crippen LogP contribution in [0.3, 0.4) is 0 Å². The maximum Gasteiger partial charge on any atom is 0.416 e. The van der Waals surface area contributed by atoms with Gasteiger partial charge in [-0.15, -0.1) is 0 Å². The smallest absolute Gasteiger partial charge is 0.416 e. The number of carbonyl (C=O) groups is 2. The van der Waals surface area contributed by atoms with Crippen LogP contribution in [-0.4, -0.2) is 43.5 Å². The fourth-order valence-electron chi connectivity index (χ4n) is 2.67. The highest BCUT2D eigenvalue weighted by atomic mass is 19.4. The Balaban J connectivity index is 1.85. The van der Waals surface area contributed by atoms with E-state index in [1.54, 1.807) is 0 Å². The predicted molar refractivity (Wildman–Crippen MR) is 81.3 cm³/mol. The van der Waals surface area contributed by atoms with Crippen LogP contribution in [-0.2, 0) is 20.5 Å². The molecule has 0 spiro atoms. The maximum atomic E-state index is 12.7. The average molecular weight is 344 g/mol. The SMILES string of the molecule is COC(=O)C1CCN(CC(=O)Nc2cccc(C(F)(F)F)c2)CC1. The molecule has 5 nitrogen and oxygen atoms in total. The fraction of sp³-hybridized carbons (Fsp3) is 0.500. The lowest BCUT2D eigenvalue weighted by Gasteiger charge is -2.29. The van der Waals surface area contributed by atoms with E-state index in [9.17, 15) is 22.8 Å². The van der Waals surface area contributed by atoms with Crippen LogP contribution in [0, 0.1) is 5.92 Å². The van der Waals surface area contributed by atoms with Gasteiger partial charge >= 0.3 is 12.1 Å². The molecule has 132 valence electrons. The molecule has 0 radical (unpaired) electrons. The number of piperidine rings is 1. The van der Waals surface area contributed by atoms with Crippen molar-refractivity contribution in [3.63, 3.8) is 0 Å². The van der Waals surface area contributed by atoms with Crippen LogP contribution in [0.15, 0.2) is 24.3 Å². The number of hydrogen-bond acceptors (Lipinski definition) is 4. The van der Waals surface area contributed by atoms with Gasteiger partial charge in [-0.25, -0.2) is 0 Å². The standard InChI is InChI=1S/C16H19F3N2O3/c1-24-15(23)11-5-7-21(8-6-11)10-14(22)20-13-4-2-3-12(9-13)16(17,18)19/h2-4,9,11H,5-8,10H2,1H3,(H,20,22). The van der Waals surface area contributed by atoms with Gasteiger partial charge in [0.15, 0.2) is 0 Å². The summed E-state index contributed by atoms with van der Waals surface area (Å²) in [6.45, 7) is 1.20. The van der Waals surface area contributed by atoms with Crippen molar-refractivity contribution < 1.29 is 27.5 Å². The molecule has 1 amide bonds. The van der Waals surface area contributed by atoms with Gasteiger partial charge in [-0.1, -0.05) is 6.07 Å². The molecule has 1 N–H and O–H groups in total. The number of hydrogen-bond donors (Lipinski definition) is 1. The predicted octanol–water partition coefficient (Wildman–Crippen LogP) is 2.53. The van der Waals surface area contributed by atoms with Gasteiger partial charge in [-0.05, 0) is 44.1 Å². The minimum atomic E-state index is -4.45. The van der Waals surface area contributed by atoms with E-state index in [0.717, 1.165) is 12.1 Å². The van der Waals surface area contributed by atoms with Crippen molar-refractivity contribution in [1.82, 2.24) is 4.90 Å². The molecular weight excluding hydrogens is 325 g/mol. The summed E-state index contributed by atoms with van der Waals surface area (Å²) in [4.78, 5) is 25.3. The molecule has 8 heteroatoms. The molecule has 1 aliphatic rings. The molecule has 2 rings (SSSR count). The minimum Gasteiger partial charge on any atom is -0.469 e. The second-order valence-electron chi connectivity index (χ2n) is 5.70. The number of anilines is 1. The Morgan fingerprint density at radius 3 is 2.54 bits per heavy atom. The Morgan fingerprint density at radius 2 is 1.96 bits per heavy atom. The number of likely N-dealkylation sites (tertiary alicyclic amines) is 1. The molecule has 1 aromatic rings. The molecule has 1 aromatic carbocycles. The summed E-state index contributed by atoms with van der Waals surface area (Å²) in [6.07, 6.45) is -3.25. The first kappa shape index (κ1) is 18.3. The van der Waals surface area contributed by atoms with Crippen LogP contribution in [0.1, 0.15) is 18.4 Å². The third-order valence-electron chi connectivity index (χ3n) is 3.96. The van der Waals surface area contributed by atoms with Crippen LogP contribution in [0.4, 0.5) is 18.9 Å². The number of carbonyl (C=O) groups excluding carboxylic acids is 2. The van der Waals surface area contributed by atoms with Crippen LogP contribution < -0.4 is 5.32 Å². The van der Waals surface area contributed by atoms with Gasteiger partial charge in [0.1, 0.15) is 0 Å². The van der Waals surface area contributed by atoms with E-state index in [-0.39, 0.29) is 30.0 Å². The average Bonchev–Trinajstić information content (AvgIpc) is 2.54. The lowest BCUT2D eigenvalue weighted by molar-refractivity contribution is -0.147. The maximum absolute atomic E-state index is 12.7. The van der Waals surface area contributed by atoms with Crippen molar-refractivity contribution in [1.29, 1.82) is 0 Å². The quantitative estimate of drug-likeness (QED) is 0.853. The minimum absolute atomic E-state index is 0.0735. The van der Waals surface area contributed by atoms with Gasteiger partial charge in [0.25, 0.3) is 0 Å². The van der Waals surface area contributed by atoms with Gasteiger partial charge in [-0.3, -0.25) is 14.5 Å². The highest BCUT2D eigenvalue weighted by Gasteiger charge is 2.30. The van der Waals surface area contributed by atoms with E-state index in [1.807, 2.05) is 4.90 Å². The molecule has 0 aromatic heterocycles. The number of halogens is 3. The summed E-state index contributed by atoms with van der Waals surface area (Å²) < 4.78 is 42.6. The van der Waals surface area contributed by atoms with Crippen molar-refractivity contribution >= 4 is 17.6 Å². The highest BCUT2D eigenvalue weighted by molar-refractivity contribution is 5.92. The number of alkyl halides is 3. The molecule has 0 aliphatic carbocycles. The molecule has 1 saturated heterocycles. The van der Waals surface area contributed by atoms with E-state index in [4.69, 9.17) is 4.74 Å². The van der Waals surface area contributed by atoms with Crippen LogP contribution in [0.25, 0.3) is 0 Å². The Bertz CT molecular complexity index is 596. The van der Waals surface area contributed by atoms with Gasteiger partial charge in [-0.2, -0.15) is 13.2 Å². The number of amides is 1. The number of methoxy groups -OCH3 is 1. The van der Waals surface area contributed by atoms with Crippen LogP contribution >= 0.6 is 0 Å². The molecule has 24 heavy (non-hydrogen) atoms. The van der Waals surface area contributed by atoms with Crippen LogP contribution in [0.2, 0.25) is 0 Å². The Kier molecular flexibility index (Phi) is 5.82. The number of nitrogens with one attached hydrogen (secondary N) is 1. The number of esters is 1. The normalized spacial score (nSPS) is 16.7. The number of benzene rings is 1. The molecule has 0 unspecified atom stereocenters. The van der Waals surface area contributed by atoms with Gasteiger partial charge in [0.2, 0.25) is 5.91 Å². The van der Waals surface area contributed by atoms with Crippen molar-refractivity contribution in [3.05, 3.63) is 29.8 Å². The van der Waals surface area contributed by atoms with Gasteiger partial charge < -0.3 is 10.1 Å². The molecule has 1 aliphatic heterocycles. The molecule has 1 heterocycles. The summed E-state index contributed by atoms with van der Waals surface area (Å²) in [6, 6.07) is 4.52. The Morgan fingerprint density at radius 1 is 1.29 bits per heavy atom. The van der Waals surface area contributed by atoms with Crippen molar-refractivity contribution in [3.8, 4) is 0 Å². The second-order valence-corrected chi connectivity index (χ2v) is 5.70. The number of rotatable bonds is 4. The summed E-state index contributed by atoms with van der Waals surface area (Å²) in [7, 11) is 1.34. The van der Waals surface area contributed by atoms with E-state index < -0.39 is 11.7 Å². The van der Waals surface area contributed by atoms with E-state index in [1.165, 1.54) is 19.2 Å². The third-order valence-corrected chi connectivity index (χ3v) is 3.96. The number of nitrogens with zero attached hydrogens (tertiary/aromatic N) is 1. The zero-order chi connectivity index (χ0) is 17.7. The van der Waals surface area contributed by atoms with Gasteiger partial charge in [0.05, 0.1) is 25.1 Å². The Hall–Kier alpha value is -2.09. The number of ether oxygens (including phenoxy) is 1. The first-order valence-electron chi connectivity index (χ1n) is 7.57. The second kappa shape index (κ2) is 7.65. The monoisotopic (exact) mass is 344 g/mol. The molecule has 0 atom stereocenters. The summed E-state index contributed by atoms with van der Waals surface area (Å²) in [5.74, 6) is -0.785. The molecule has 0 saturated carbocycles. The summed E-state index contributed by atoms with van der Waals surface area (Å²) in [5.41, 5.74) is -0.696. The molecular formula is C16H19F3N2O3. The van der Waals surface area contributed by atoms with Gasteiger partial charge in [0, 0.05) is 5.69 Å². The van der Waals surface area contributed by atoms with E-state index >= 15 is 0 Å². The zero-order valence-electron chi connectivity index (χ0n) is 13.2. The van der Waals surface area contributed by atoms with Crippen LogP contribution in [0.5, 0.6) is 0 Å². The first-order chi connectivity index (χ1) is 11.3. The third kappa shape index (κ3) is 4.95.